The van der Waals surface area contributed by atoms with Crippen LogP contribution in [0.15, 0.2) is 30.5 Å². The van der Waals surface area contributed by atoms with Gasteiger partial charge in [-0.05, 0) is 37.1 Å². The zero-order valence-electron chi connectivity index (χ0n) is 15.6. The minimum atomic E-state index is -0.538. The minimum absolute atomic E-state index is 0.217. The van der Waals surface area contributed by atoms with Crippen LogP contribution in [-0.4, -0.2) is 55.9 Å². The molecule has 3 aromatic rings. The number of alkyl halides is 1. The van der Waals surface area contributed by atoms with E-state index in [1.165, 1.54) is 18.3 Å². The number of carbonyl (C=O) groups excluding carboxylic acids is 1. The molecule has 7 nitrogen and oxygen atoms in total. The predicted octanol–water partition coefficient (Wildman–Crippen LogP) is 3.04. The van der Waals surface area contributed by atoms with Crippen LogP contribution in [0.25, 0.3) is 11.3 Å². The molecule has 2 aliphatic rings. The maximum Gasteiger partial charge on any atom is 0.257 e. The lowest BCUT2D eigenvalue weighted by Gasteiger charge is -2.16. The number of hydrogen-bond acceptors (Lipinski definition) is 4. The summed E-state index contributed by atoms with van der Waals surface area (Å²) in [6.45, 7) is 0.123. The fourth-order valence-corrected chi connectivity index (χ4v) is 3.94. The first-order valence-electron chi connectivity index (χ1n) is 9.70. The average molecular weight is 398 g/mol. The zero-order valence-corrected chi connectivity index (χ0v) is 15.6. The van der Waals surface area contributed by atoms with E-state index in [9.17, 15) is 13.6 Å². The molecule has 5 rings (SSSR count). The number of amides is 1. The SMILES string of the molecule is O=C(c1cn[nH]c1-c1ccc(F)cc1)N1C[C@@H](CF)[C@H](c2nc(C3CC3)n[nH]2)C1. The van der Waals surface area contributed by atoms with Crippen molar-refractivity contribution in [3.8, 4) is 11.3 Å². The Bertz CT molecular complexity index is 1030. The molecule has 1 aromatic carbocycles. The van der Waals surface area contributed by atoms with E-state index in [-0.39, 0.29) is 23.6 Å². The van der Waals surface area contributed by atoms with E-state index in [0.29, 0.717) is 41.7 Å². The van der Waals surface area contributed by atoms with Crippen molar-refractivity contribution in [1.29, 1.82) is 0 Å². The van der Waals surface area contributed by atoms with Crippen LogP contribution >= 0.6 is 0 Å². The van der Waals surface area contributed by atoms with Gasteiger partial charge in [-0.25, -0.2) is 9.37 Å². The molecular weight excluding hydrogens is 378 g/mol. The van der Waals surface area contributed by atoms with Crippen molar-refractivity contribution >= 4 is 5.91 Å². The summed E-state index contributed by atoms with van der Waals surface area (Å²) >= 11 is 0. The molecule has 150 valence electrons. The third kappa shape index (κ3) is 3.30. The fourth-order valence-electron chi connectivity index (χ4n) is 3.94. The van der Waals surface area contributed by atoms with Gasteiger partial charge < -0.3 is 4.90 Å². The monoisotopic (exact) mass is 398 g/mol. The molecule has 0 spiro atoms. The van der Waals surface area contributed by atoms with E-state index in [4.69, 9.17) is 0 Å². The van der Waals surface area contributed by atoms with Crippen LogP contribution in [0, 0.1) is 11.7 Å². The Balaban J connectivity index is 1.38. The number of aromatic nitrogens is 5. The lowest BCUT2D eigenvalue weighted by atomic mass is 9.97. The number of aromatic amines is 2. The highest BCUT2D eigenvalue weighted by atomic mass is 19.1. The smallest absolute Gasteiger partial charge is 0.257 e. The average Bonchev–Trinajstić information content (AvgIpc) is 3.15. The molecule has 1 saturated heterocycles. The Morgan fingerprint density at radius 1 is 1.17 bits per heavy atom. The summed E-state index contributed by atoms with van der Waals surface area (Å²) in [5, 5.41) is 14.0. The van der Waals surface area contributed by atoms with Gasteiger partial charge in [-0.3, -0.25) is 19.4 Å². The van der Waals surface area contributed by atoms with Gasteiger partial charge in [0.2, 0.25) is 0 Å². The Kier molecular flexibility index (Phi) is 4.37. The molecule has 1 aliphatic carbocycles. The Morgan fingerprint density at radius 3 is 2.69 bits per heavy atom. The third-order valence-corrected chi connectivity index (χ3v) is 5.74. The highest BCUT2D eigenvalue weighted by Crippen LogP contribution is 2.39. The van der Waals surface area contributed by atoms with Gasteiger partial charge in [-0.1, -0.05) is 0 Å². The molecule has 2 atom stereocenters. The van der Waals surface area contributed by atoms with Crippen LogP contribution in [0.4, 0.5) is 8.78 Å². The Labute approximate surface area is 165 Å². The number of rotatable bonds is 5. The molecule has 0 radical (unpaired) electrons. The van der Waals surface area contributed by atoms with E-state index in [2.05, 4.69) is 25.4 Å². The quantitative estimate of drug-likeness (QED) is 0.691. The van der Waals surface area contributed by atoms with E-state index in [0.717, 1.165) is 18.7 Å². The second-order valence-electron chi connectivity index (χ2n) is 7.75. The highest BCUT2D eigenvalue weighted by Gasteiger charge is 2.40. The van der Waals surface area contributed by atoms with Crippen molar-refractivity contribution in [1.82, 2.24) is 30.3 Å². The molecule has 0 unspecified atom stereocenters. The molecular formula is C20H20F2N6O. The second-order valence-corrected chi connectivity index (χ2v) is 7.75. The van der Waals surface area contributed by atoms with Gasteiger partial charge in [0.05, 0.1) is 24.1 Å². The van der Waals surface area contributed by atoms with Gasteiger partial charge in [-0.2, -0.15) is 10.2 Å². The van der Waals surface area contributed by atoms with Gasteiger partial charge >= 0.3 is 0 Å². The number of likely N-dealkylation sites (tertiary alicyclic amines) is 1. The fraction of sp³-hybridized carbons (Fsp3) is 0.400. The van der Waals surface area contributed by atoms with Crippen molar-refractivity contribution in [3.63, 3.8) is 0 Å². The second kappa shape index (κ2) is 7.06. The van der Waals surface area contributed by atoms with Crippen LogP contribution in [0.5, 0.6) is 0 Å². The number of halogens is 2. The summed E-state index contributed by atoms with van der Waals surface area (Å²) in [5.74, 6) is 0.705. The van der Waals surface area contributed by atoms with Gasteiger partial charge in [0, 0.05) is 36.4 Å². The molecule has 1 saturated carbocycles. The molecule has 2 fully saturated rings. The van der Waals surface area contributed by atoms with Crippen molar-refractivity contribution < 1.29 is 13.6 Å². The van der Waals surface area contributed by atoms with Gasteiger partial charge in [0.25, 0.3) is 5.91 Å². The number of benzene rings is 1. The molecule has 3 heterocycles. The lowest BCUT2D eigenvalue weighted by Crippen LogP contribution is -2.29. The van der Waals surface area contributed by atoms with Crippen molar-refractivity contribution in [2.75, 3.05) is 19.8 Å². The minimum Gasteiger partial charge on any atom is -0.337 e. The first-order chi connectivity index (χ1) is 14.1. The van der Waals surface area contributed by atoms with Crippen LogP contribution in [0.1, 0.15) is 46.7 Å². The van der Waals surface area contributed by atoms with E-state index in [1.807, 2.05) is 0 Å². The van der Waals surface area contributed by atoms with Crippen LogP contribution in [0.2, 0.25) is 0 Å². The number of carbonyl (C=O) groups is 1. The van der Waals surface area contributed by atoms with Crippen molar-refractivity contribution in [2.24, 2.45) is 5.92 Å². The van der Waals surface area contributed by atoms with Gasteiger partial charge in [-0.15, -0.1) is 0 Å². The molecule has 1 amide bonds. The van der Waals surface area contributed by atoms with Gasteiger partial charge in [0.15, 0.2) is 5.82 Å². The lowest BCUT2D eigenvalue weighted by molar-refractivity contribution is 0.0785. The predicted molar refractivity (Wildman–Crippen MR) is 100 cm³/mol. The summed E-state index contributed by atoms with van der Waals surface area (Å²) < 4.78 is 26.9. The van der Waals surface area contributed by atoms with E-state index in [1.54, 1.807) is 17.0 Å². The summed E-state index contributed by atoms with van der Waals surface area (Å²) in [6, 6.07) is 5.84. The maximum atomic E-state index is 13.7. The van der Waals surface area contributed by atoms with Crippen molar-refractivity contribution in [2.45, 2.75) is 24.7 Å². The largest absolute Gasteiger partial charge is 0.337 e. The van der Waals surface area contributed by atoms with Crippen LogP contribution < -0.4 is 0 Å². The molecule has 2 N–H and O–H groups in total. The number of H-pyrrole nitrogens is 2. The topological polar surface area (TPSA) is 90.6 Å². The Hall–Kier alpha value is -3.10. The molecule has 2 aromatic heterocycles. The first kappa shape index (κ1) is 18.0. The Morgan fingerprint density at radius 2 is 1.97 bits per heavy atom. The zero-order chi connectivity index (χ0) is 20.0. The summed E-state index contributed by atoms with van der Waals surface area (Å²) in [7, 11) is 0. The van der Waals surface area contributed by atoms with Gasteiger partial charge in [0.1, 0.15) is 11.6 Å². The molecule has 9 heteroatoms. The molecule has 0 bridgehead atoms. The number of nitrogens with one attached hydrogen (secondary N) is 2. The molecule has 1 aliphatic heterocycles. The highest BCUT2D eigenvalue weighted by molar-refractivity contribution is 6.00. The number of nitrogens with zero attached hydrogens (tertiary/aromatic N) is 4. The van der Waals surface area contributed by atoms with Crippen LogP contribution in [0.3, 0.4) is 0 Å². The normalized spacial score (nSPS) is 21.7. The maximum absolute atomic E-state index is 13.7. The standard InChI is InChI=1S/C20H20F2N6O/c21-7-13-9-28(10-16(13)19-24-18(26-27-19)12-1-2-12)20(29)15-8-23-25-17(15)11-3-5-14(22)6-4-11/h3-6,8,12-13,16H,1-2,7,9-10H2,(H,23,25)(H,24,26,27)/t13-,16-/m1/s1. The number of hydrogen-bond donors (Lipinski definition) is 2. The summed E-state index contributed by atoms with van der Waals surface area (Å²) in [6.07, 6.45) is 3.63. The van der Waals surface area contributed by atoms with Crippen LogP contribution in [-0.2, 0) is 0 Å². The summed E-state index contributed by atoms with van der Waals surface area (Å²) in [5.41, 5.74) is 1.56. The van der Waals surface area contributed by atoms with Crippen molar-refractivity contribution in [3.05, 3.63) is 53.5 Å². The van der Waals surface area contributed by atoms with E-state index < -0.39 is 6.67 Å². The summed E-state index contributed by atoms with van der Waals surface area (Å²) in [4.78, 5) is 19.3. The first-order valence-corrected chi connectivity index (χ1v) is 9.70. The molecule has 29 heavy (non-hydrogen) atoms. The van der Waals surface area contributed by atoms with E-state index >= 15 is 0 Å². The third-order valence-electron chi connectivity index (χ3n) is 5.74.